The van der Waals surface area contributed by atoms with Gasteiger partial charge in [0.1, 0.15) is 41.7 Å². The molecular weight excluding hydrogens is 712 g/mol. The normalized spacial score (nSPS) is 32.4. The van der Waals surface area contributed by atoms with E-state index in [0.29, 0.717) is 6.42 Å². The van der Waals surface area contributed by atoms with Gasteiger partial charge in [0, 0.05) is 38.4 Å². The Kier molecular flexibility index (Phi) is 12.9. The molecule has 0 saturated carbocycles. The number of esters is 1. The summed E-state index contributed by atoms with van der Waals surface area (Å²) in [5.74, 6) is -4.93. The molecule has 14 atom stereocenters. The minimum atomic E-state index is -1.88. The minimum Gasteiger partial charge on any atom is -0.507 e. The van der Waals surface area contributed by atoms with Crippen molar-refractivity contribution < 1.29 is 78.6 Å². The summed E-state index contributed by atoms with van der Waals surface area (Å²) in [6.45, 7) is 9.24. The molecule has 7 N–H and O–H groups in total. The molecule has 0 aromatic heterocycles. The van der Waals surface area contributed by atoms with Crippen molar-refractivity contribution in [2.24, 2.45) is 5.92 Å². The van der Waals surface area contributed by atoms with Crippen LogP contribution in [0.3, 0.4) is 0 Å². The van der Waals surface area contributed by atoms with Crippen molar-refractivity contribution >= 4 is 28.3 Å². The van der Waals surface area contributed by atoms with Crippen LogP contribution in [0.5, 0.6) is 17.2 Å². The van der Waals surface area contributed by atoms with Crippen molar-refractivity contribution in [3.05, 3.63) is 28.8 Å². The molecule has 16 nitrogen and oxygen atoms in total. The second kappa shape index (κ2) is 16.7. The lowest BCUT2D eigenvalue weighted by Gasteiger charge is -2.44. The molecule has 16 heteroatoms. The van der Waals surface area contributed by atoms with Gasteiger partial charge in [0.15, 0.2) is 30.3 Å². The zero-order valence-electron chi connectivity index (χ0n) is 31.4. The number of carbonyl (C=O) groups excluding carboxylic acids is 3. The molecule has 0 radical (unpaired) electrons. The number of methoxy groups -OCH3 is 1. The fourth-order valence-electron chi connectivity index (χ4n) is 7.81. The molecule has 1 aliphatic carbocycles. The monoisotopic (exact) mass is 764 g/mol. The summed E-state index contributed by atoms with van der Waals surface area (Å²) >= 11 is 0. The van der Waals surface area contributed by atoms with Gasteiger partial charge in [0.25, 0.3) is 0 Å². The molecule has 54 heavy (non-hydrogen) atoms. The summed E-state index contributed by atoms with van der Waals surface area (Å²) < 4.78 is 35.0. The Balaban J connectivity index is 1.50. The van der Waals surface area contributed by atoms with E-state index in [0.717, 1.165) is 0 Å². The molecule has 0 amide bonds. The topological polar surface area (TPSA) is 248 Å². The van der Waals surface area contributed by atoms with Gasteiger partial charge in [0.2, 0.25) is 0 Å². The fourth-order valence-corrected chi connectivity index (χ4v) is 7.81. The van der Waals surface area contributed by atoms with Crippen LogP contribution in [-0.2, 0) is 44.4 Å². The molecule has 0 spiro atoms. The molecule has 2 saturated heterocycles. The average Bonchev–Trinajstić information content (AvgIpc) is 3.09. The average molecular weight is 765 g/mol. The van der Waals surface area contributed by atoms with Gasteiger partial charge in [-0.05, 0) is 62.6 Å². The minimum absolute atomic E-state index is 0.0599. The van der Waals surface area contributed by atoms with E-state index in [2.05, 4.69) is 0 Å². The molecule has 5 rings (SSSR count). The van der Waals surface area contributed by atoms with Crippen molar-refractivity contribution in [2.45, 2.75) is 147 Å². The van der Waals surface area contributed by atoms with Gasteiger partial charge < -0.3 is 64.2 Å². The Hall–Kier alpha value is -3.45. The van der Waals surface area contributed by atoms with Gasteiger partial charge >= 0.3 is 5.97 Å². The molecule has 0 bridgehead atoms. The predicted molar refractivity (Wildman–Crippen MR) is 188 cm³/mol. The Bertz CT molecular complexity index is 1700. The Morgan fingerprint density at radius 3 is 2.20 bits per heavy atom. The van der Waals surface area contributed by atoms with Gasteiger partial charge in [0.05, 0.1) is 41.5 Å². The Morgan fingerprint density at radius 1 is 0.963 bits per heavy atom. The lowest BCUT2D eigenvalue weighted by Crippen LogP contribution is -2.56. The number of hydrogen-bond donors (Lipinski definition) is 7. The smallest absolute Gasteiger partial charge is 0.303 e. The summed E-state index contributed by atoms with van der Waals surface area (Å²) in [6, 6.07) is 2.89. The molecule has 6 unspecified atom stereocenters. The number of phenols is 3. The highest BCUT2D eigenvalue weighted by Gasteiger charge is 2.50. The number of aliphatic hydroxyl groups is 4. The van der Waals surface area contributed by atoms with Crippen LogP contribution in [-0.4, -0.2) is 134 Å². The predicted octanol–water partition coefficient (Wildman–Crippen LogP) is 1.84. The Labute approximate surface area is 312 Å². The van der Waals surface area contributed by atoms with E-state index >= 15 is 0 Å². The quantitative estimate of drug-likeness (QED) is 0.152. The zero-order valence-corrected chi connectivity index (χ0v) is 31.4. The van der Waals surface area contributed by atoms with Crippen molar-refractivity contribution in [3.8, 4) is 17.2 Å². The number of fused-ring (bicyclic) bond motifs is 2. The van der Waals surface area contributed by atoms with Crippen LogP contribution in [0.2, 0.25) is 0 Å². The van der Waals surface area contributed by atoms with Gasteiger partial charge in [-0.25, -0.2) is 0 Å². The number of aliphatic hydroxyl groups excluding tert-OH is 4. The summed E-state index contributed by atoms with van der Waals surface area (Å²) in [5.41, 5.74) is 0.247. The van der Waals surface area contributed by atoms with E-state index in [1.807, 2.05) is 6.92 Å². The first-order valence-electron chi connectivity index (χ1n) is 18.2. The van der Waals surface area contributed by atoms with Crippen molar-refractivity contribution in [2.75, 3.05) is 7.11 Å². The standard InChI is InChI=1S/C38H52O16/c1-8-14(2)27-22(41)11-20-9-19-10-21(37(49-7)35(48)30(43)15(3)39)38(34(47)29(19)33(46)28(20)32(27)45)54-26-13-24(31(44)16(4)50-26)53-25-12-23(42)36(17(5)51-25)52-18(6)40/h9,11,14-17,21,23-26,30-31,36-39,41-46H,8,10,12-13H2,1-7H3/t14?,15?,16-,17-,21?,23-,24-,25+,26+,30?,31-,36+,37?,38?/m1/s1. The summed E-state index contributed by atoms with van der Waals surface area (Å²) in [6.07, 6.45) is -14.5. The number of benzene rings is 2. The highest BCUT2D eigenvalue weighted by atomic mass is 16.7. The number of ether oxygens (including phenoxy) is 6. The number of phenolic OH excluding ortho intramolecular Hbond substituents is 3. The second-order valence-electron chi connectivity index (χ2n) is 14.7. The van der Waals surface area contributed by atoms with Crippen molar-refractivity contribution in [1.29, 1.82) is 0 Å². The molecular formula is C38H52O16. The number of rotatable bonds is 12. The highest BCUT2D eigenvalue weighted by Crippen LogP contribution is 2.48. The third kappa shape index (κ3) is 8.08. The molecule has 2 heterocycles. The van der Waals surface area contributed by atoms with Gasteiger partial charge in [-0.3, -0.25) is 14.4 Å². The van der Waals surface area contributed by atoms with Crippen LogP contribution < -0.4 is 0 Å². The maximum Gasteiger partial charge on any atom is 0.303 e. The first kappa shape index (κ1) is 41.7. The van der Waals surface area contributed by atoms with E-state index in [9.17, 15) is 50.1 Å². The zero-order chi connectivity index (χ0) is 39.9. The summed E-state index contributed by atoms with van der Waals surface area (Å²) in [5, 5.41) is 76.3. The largest absolute Gasteiger partial charge is 0.507 e. The third-order valence-electron chi connectivity index (χ3n) is 10.8. The first-order valence-corrected chi connectivity index (χ1v) is 18.2. The molecule has 300 valence electrons. The lowest BCUT2D eigenvalue weighted by atomic mass is 9.74. The molecule has 3 aliphatic rings. The van der Waals surface area contributed by atoms with Gasteiger partial charge in [-0.2, -0.15) is 0 Å². The number of aromatic hydroxyl groups is 3. The molecule has 2 aliphatic heterocycles. The molecule has 2 aromatic rings. The molecule has 2 fully saturated rings. The fraction of sp³-hybridized carbons (Fsp3) is 0.658. The number of carbonyl (C=O) groups is 3. The van der Waals surface area contributed by atoms with Crippen LogP contribution >= 0.6 is 0 Å². The third-order valence-corrected chi connectivity index (χ3v) is 10.8. The van der Waals surface area contributed by atoms with E-state index in [-0.39, 0.29) is 64.1 Å². The van der Waals surface area contributed by atoms with Crippen LogP contribution in [0.1, 0.15) is 88.2 Å². The van der Waals surface area contributed by atoms with Crippen LogP contribution in [0.25, 0.3) is 10.8 Å². The van der Waals surface area contributed by atoms with Crippen molar-refractivity contribution in [3.63, 3.8) is 0 Å². The second-order valence-corrected chi connectivity index (χ2v) is 14.7. The van der Waals surface area contributed by atoms with Crippen LogP contribution in [0.15, 0.2) is 12.1 Å². The van der Waals surface area contributed by atoms with Gasteiger partial charge in [-0.1, -0.05) is 13.8 Å². The SMILES string of the molecule is CCC(C)c1c(O)cc2cc3c(c(O)c2c1O)C(=O)C(O[C@H]1C[C@@H](O[C@H]2C[C@@H](O)[C@@H](OC(C)=O)[C@@H](C)O2)[C@H](O)[C@@H](C)O1)C(C(OC)C(=O)C(O)C(C)O)C3. The summed E-state index contributed by atoms with van der Waals surface area (Å²) in [4.78, 5) is 39.6. The molecule has 2 aromatic carbocycles. The summed E-state index contributed by atoms with van der Waals surface area (Å²) in [7, 11) is 1.20. The van der Waals surface area contributed by atoms with Gasteiger partial charge in [-0.15, -0.1) is 0 Å². The van der Waals surface area contributed by atoms with Crippen LogP contribution in [0.4, 0.5) is 0 Å². The van der Waals surface area contributed by atoms with E-state index < -0.39 is 103 Å². The number of hydrogen-bond acceptors (Lipinski definition) is 16. The Morgan fingerprint density at radius 2 is 1.61 bits per heavy atom. The maximum atomic E-state index is 14.6. The number of Topliss-reactive ketones (excluding diaryl/α,β-unsaturated/α-hetero) is 2. The lowest BCUT2D eigenvalue weighted by molar-refractivity contribution is -0.311. The number of ketones is 2. The van der Waals surface area contributed by atoms with E-state index in [1.165, 1.54) is 33.1 Å². The van der Waals surface area contributed by atoms with Crippen molar-refractivity contribution in [1.82, 2.24) is 0 Å². The van der Waals surface area contributed by atoms with E-state index in [4.69, 9.17) is 28.4 Å². The van der Waals surface area contributed by atoms with E-state index in [1.54, 1.807) is 20.8 Å². The van der Waals surface area contributed by atoms with Crippen LogP contribution in [0, 0.1) is 5.92 Å². The maximum absolute atomic E-state index is 14.6. The highest BCUT2D eigenvalue weighted by molar-refractivity contribution is 6.11. The first-order chi connectivity index (χ1) is 25.4.